The van der Waals surface area contributed by atoms with Crippen molar-refractivity contribution in [1.82, 2.24) is 20.5 Å². The van der Waals surface area contributed by atoms with Crippen LogP contribution in [0.3, 0.4) is 0 Å². The van der Waals surface area contributed by atoms with Gasteiger partial charge in [-0.2, -0.15) is 10.2 Å². The number of rotatable bonds is 4. The van der Waals surface area contributed by atoms with Crippen molar-refractivity contribution < 1.29 is 4.79 Å². The summed E-state index contributed by atoms with van der Waals surface area (Å²) in [4.78, 5) is 16.4. The maximum atomic E-state index is 12.3. The van der Waals surface area contributed by atoms with E-state index in [9.17, 15) is 4.79 Å². The molecule has 0 aliphatic heterocycles. The lowest BCUT2D eigenvalue weighted by atomic mass is 10.1. The number of amides is 1. The van der Waals surface area contributed by atoms with Gasteiger partial charge in [-0.15, -0.1) is 0 Å². The van der Waals surface area contributed by atoms with Crippen LogP contribution in [0.25, 0.3) is 11.3 Å². The average molecular weight is 304 g/mol. The zero-order chi connectivity index (χ0) is 16.1. The number of carbonyl (C=O) groups is 1. The molecule has 1 aromatic carbocycles. The number of nitrogens with one attached hydrogen (secondary N) is 1. The SMILES string of the molecule is Cc1cncc(CNC(=O)c2cnnc(-c3ccccc3)c2)c1. The summed E-state index contributed by atoms with van der Waals surface area (Å²) in [7, 11) is 0. The first-order valence-corrected chi connectivity index (χ1v) is 7.29. The highest BCUT2D eigenvalue weighted by Crippen LogP contribution is 2.16. The van der Waals surface area contributed by atoms with Gasteiger partial charge in [-0.3, -0.25) is 9.78 Å². The molecule has 0 unspecified atom stereocenters. The van der Waals surface area contributed by atoms with Crippen LogP contribution in [0.2, 0.25) is 0 Å². The summed E-state index contributed by atoms with van der Waals surface area (Å²) in [5.41, 5.74) is 4.12. The van der Waals surface area contributed by atoms with Crippen molar-refractivity contribution in [3.05, 3.63) is 77.7 Å². The van der Waals surface area contributed by atoms with Crippen molar-refractivity contribution in [2.75, 3.05) is 0 Å². The topological polar surface area (TPSA) is 67.8 Å². The van der Waals surface area contributed by atoms with Crippen LogP contribution >= 0.6 is 0 Å². The summed E-state index contributed by atoms with van der Waals surface area (Å²) in [6.45, 7) is 2.40. The lowest BCUT2D eigenvalue weighted by Crippen LogP contribution is -2.23. The van der Waals surface area contributed by atoms with Gasteiger partial charge in [0.25, 0.3) is 5.91 Å². The second-order valence-corrected chi connectivity index (χ2v) is 5.25. The predicted octanol–water partition coefficient (Wildman–Crippen LogP) is 2.78. The molecule has 1 N–H and O–H groups in total. The van der Waals surface area contributed by atoms with Crippen LogP contribution in [0.4, 0.5) is 0 Å². The van der Waals surface area contributed by atoms with Crippen molar-refractivity contribution in [1.29, 1.82) is 0 Å². The molecule has 0 atom stereocenters. The molecule has 0 radical (unpaired) electrons. The number of pyridine rings is 1. The summed E-state index contributed by atoms with van der Waals surface area (Å²) in [6.07, 6.45) is 4.99. The first-order chi connectivity index (χ1) is 11.2. The Kier molecular flexibility index (Phi) is 4.38. The normalized spacial score (nSPS) is 10.3. The maximum absolute atomic E-state index is 12.3. The molecular formula is C18H16N4O. The largest absolute Gasteiger partial charge is 0.348 e. The molecule has 23 heavy (non-hydrogen) atoms. The van der Waals surface area contributed by atoms with Crippen LogP contribution < -0.4 is 5.32 Å². The zero-order valence-electron chi connectivity index (χ0n) is 12.7. The molecule has 0 aliphatic carbocycles. The van der Waals surface area contributed by atoms with E-state index in [1.165, 1.54) is 6.20 Å². The monoisotopic (exact) mass is 304 g/mol. The minimum Gasteiger partial charge on any atom is -0.348 e. The van der Waals surface area contributed by atoms with Crippen molar-refractivity contribution in [2.45, 2.75) is 13.5 Å². The summed E-state index contributed by atoms with van der Waals surface area (Å²) >= 11 is 0. The molecule has 0 spiro atoms. The molecule has 3 rings (SSSR count). The number of hydrogen-bond donors (Lipinski definition) is 1. The Bertz CT molecular complexity index is 818. The van der Waals surface area contributed by atoms with E-state index in [0.29, 0.717) is 17.8 Å². The van der Waals surface area contributed by atoms with E-state index in [0.717, 1.165) is 16.7 Å². The van der Waals surface area contributed by atoms with Gasteiger partial charge in [-0.25, -0.2) is 0 Å². The molecule has 0 fully saturated rings. The summed E-state index contributed by atoms with van der Waals surface area (Å²) in [6, 6.07) is 13.4. The molecule has 0 aliphatic rings. The Morgan fingerprint density at radius 3 is 2.70 bits per heavy atom. The van der Waals surface area contributed by atoms with Crippen LogP contribution in [0, 0.1) is 6.92 Å². The first kappa shape index (κ1) is 14.8. The third-order valence-electron chi connectivity index (χ3n) is 3.37. The predicted molar refractivity (Wildman–Crippen MR) is 87.6 cm³/mol. The average Bonchev–Trinajstić information content (AvgIpc) is 2.61. The highest BCUT2D eigenvalue weighted by atomic mass is 16.1. The van der Waals surface area contributed by atoms with Gasteiger partial charge in [0.2, 0.25) is 0 Å². The fourth-order valence-corrected chi connectivity index (χ4v) is 2.24. The Hall–Kier alpha value is -3.08. The van der Waals surface area contributed by atoms with E-state index in [-0.39, 0.29) is 5.91 Å². The molecule has 0 saturated heterocycles. The molecule has 5 heteroatoms. The summed E-state index contributed by atoms with van der Waals surface area (Å²) < 4.78 is 0. The molecule has 5 nitrogen and oxygen atoms in total. The first-order valence-electron chi connectivity index (χ1n) is 7.29. The Balaban J connectivity index is 1.73. The van der Waals surface area contributed by atoms with E-state index in [2.05, 4.69) is 20.5 Å². The number of hydrogen-bond acceptors (Lipinski definition) is 4. The number of aryl methyl sites for hydroxylation is 1. The Morgan fingerprint density at radius 1 is 1.09 bits per heavy atom. The molecule has 0 saturated carbocycles. The highest BCUT2D eigenvalue weighted by molar-refractivity contribution is 5.94. The van der Waals surface area contributed by atoms with Gasteiger partial charge in [-0.1, -0.05) is 36.4 Å². The molecule has 3 aromatic rings. The van der Waals surface area contributed by atoms with Crippen LogP contribution in [-0.2, 0) is 6.54 Å². The van der Waals surface area contributed by atoms with Crippen LogP contribution in [-0.4, -0.2) is 21.1 Å². The summed E-state index contributed by atoms with van der Waals surface area (Å²) in [5.74, 6) is -0.182. The van der Waals surface area contributed by atoms with Crippen molar-refractivity contribution in [3.8, 4) is 11.3 Å². The Morgan fingerprint density at radius 2 is 1.91 bits per heavy atom. The molecule has 2 heterocycles. The van der Waals surface area contributed by atoms with Gasteiger partial charge in [0.05, 0.1) is 17.5 Å². The van der Waals surface area contributed by atoms with Crippen molar-refractivity contribution >= 4 is 5.91 Å². The summed E-state index contributed by atoms with van der Waals surface area (Å²) in [5, 5.41) is 10.9. The quantitative estimate of drug-likeness (QED) is 0.805. The second kappa shape index (κ2) is 6.79. The third-order valence-corrected chi connectivity index (χ3v) is 3.37. The van der Waals surface area contributed by atoms with Crippen molar-refractivity contribution in [2.24, 2.45) is 0 Å². The fourth-order valence-electron chi connectivity index (χ4n) is 2.24. The van der Waals surface area contributed by atoms with E-state index in [1.807, 2.05) is 43.3 Å². The number of aromatic nitrogens is 3. The van der Waals surface area contributed by atoms with Gasteiger partial charge in [-0.05, 0) is 24.1 Å². The highest BCUT2D eigenvalue weighted by Gasteiger charge is 2.09. The smallest absolute Gasteiger partial charge is 0.253 e. The Labute approximate surface area is 134 Å². The molecule has 0 bridgehead atoms. The van der Waals surface area contributed by atoms with E-state index >= 15 is 0 Å². The second-order valence-electron chi connectivity index (χ2n) is 5.25. The van der Waals surface area contributed by atoms with Gasteiger partial charge in [0.15, 0.2) is 0 Å². The van der Waals surface area contributed by atoms with Crippen molar-refractivity contribution in [3.63, 3.8) is 0 Å². The number of benzene rings is 1. The van der Waals surface area contributed by atoms with E-state index in [1.54, 1.807) is 18.5 Å². The number of carbonyl (C=O) groups excluding carboxylic acids is 1. The minimum absolute atomic E-state index is 0.182. The zero-order valence-corrected chi connectivity index (χ0v) is 12.7. The molecule has 1 amide bonds. The van der Waals surface area contributed by atoms with E-state index in [4.69, 9.17) is 0 Å². The van der Waals surface area contributed by atoms with Crippen LogP contribution in [0.15, 0.2) is 61.1 Å². The maximum Gasteiger partial charge on any atom is 0.253 e. The fraction of sp³-hybridized carbons (Fsp3) is 0.111. The van der Waals surface area contributed by atoms with Gasteiger partial charge >= 0.3 is 0 Å². The lowest BCUT2D eigenvalue weighted by molar-refractivity contribution is 0.0950. The number of nitrogens with zero attached hydrogens (tertiary/aromatic N) is 3. The molecular weight excluding hydrogens is 288 g/mol. The van der Waals surface area contributed by atoms with E-state index < -0.39 is 0 Å². The van der Waals surface area contributed by atoms with Crippen LogP contribution in [0.5, 0.6) is 0 Å². The third kappa shape index (κ3) is 3.77. The molecule has 2 aromatic heterocycles. The van der Waals surface area contributed by atoms with Gasteiger partial charge in [0.1, 0.15) is 0 Å². The van der Waals surface area contributed by atoms with Crippen LogP contribution in [0.1, 0.15) is 21.5 Å². The van der Waals surface area contributed by atoms with Gasteiger partial charge < -0.3 is 5.32 Å². The lowest BCUT2D eigenvalue weighted by Gasteiger charge is -2.06. The standard InChI is InChI=1S/C18H16N4O/c1-13-7-14(10-19-9-13)11-20-18(23)16-8-17(22-21-12-16)15-5-3-2-4-6-15/h2-10,12H,11H2,1H3,(H,20,23). The minimum atomic E-state index is -0.182. The molecule has 114 valence electrons. The van der Waals surface area contributed by atoms with Gasteiger partial charge in [0, 0.05) is 24.5 Å².